The summed E-state index contributed by atoms with van der Waals surface area (Å²) in [7, 11) is 0. The third-order valence-electron chi connectivity index (χ3n) is 2.86. The number of aryl methyl sites for hydroxylation is 1. The molecule has 1 aromatic carbocycles. The predicted molar refractivity (Wildman–Crippen MR) is 71.8 cm³/mol. The fourth-order valence-electron chi connectivity index (χ4n) is 2.03. The van der Waals surface area contributed by atoms with Gasteiger partial charge in [0.25, 0.3) is 0 Å². The van der Waals surface area contributed by atoms with Gasteiger partial charge in [-0.25, -0.2) is 0 Å². The third kappa shape index (κ3) is 2.20. The smallest absolute Gasteiger partial charge is 0.159 e. The second-order valence-corrected chi connectivity index (χ2v) is 4.31. The Morgan fingerprint density at radius 3 is 2.63 bits per heavy atom. The van der Waals surface area contributed by atoms with Crippen molar-refractivity contribution in [1.29, 1.82) is 0 Å². The number of nitrogens with zero attached hydrogens (tertiary/aromatic N) is 5. The SMILES string of the molecule is Cc1nnc(Cn2cc(N)cn2)n1-c1ccccc1. The molecule has 19 heavy (non-hydrogen) atoms. The van der Waals surface area contributed by atoms with Crippen LogP contribution in [0.3, 0.4) is 0 Å². The van der Waals surface area contributed by atoms with E-state index in [1.165, 1.54) is 0 Å². The average Bonchev–Trinajstić information content (AvgIpc) is 2.98. The van der Waals surface area contributed by atoms with Gasteiger partial charge in [0.1, 0.15) is 12.4 Å². The highest BCUT2D eigenvalue weighted by molar-refractivity contribution is 5.34. The summed E-state index contributed by atoms with van der Waals surface area (Å²) in [5.41, 5.74) is 7.34. The number of aromatic nitrogens is 5. The summed E-state index contributed by atoms with van der Waals surface area (Å²) < 4.78 is 3.76. The predicted octanol–water partition coefficient (Wildman–Crippen LogP) is 1.40. The number of rotatable bonds is 3. The van der Waals surface area contributed by atoms with Crippen LogP contribution in [0.5, 0.6) is 0 Å². The molecule has 3 rings (SSSR count). The first kappa shape index (κ1) is 11.5. The molecule has 0 amide bonds. The average molecular weight is 254 g/mol. The van der Waals surface area contributed by atoms with Crippen LogP contribution in [-0.2, 0) is 6.54 Å². The first-order valence-electron chi connectivity index (χ1n) is 5.98. The zero-order chi connectivity index (χ0) is 13.2. The van der Waals surface area contributed by atoms with Crippen molar-refractivity contribution in [2.75, 3.05) is 5.73 Å². The molecule has 0 aliphatic heterocycles. The van der Waals surface area contributed by atoms with Crippen LogP contribution in [0.15, 0.2) is 42.7 Å². The maximum absolute atomic E-state index is 5.66. The number of hydrogen-bond donors (Lipinski definition) is 1. The highest BCUT2D eigenvalue weighted by atomic mass is 15.3. The summed E-state index contributed by atoms with van der Waals surface area (Å²) in [6, 6.07) is 10.0. The lowest BCUT2D eigenvalue weighted by atomic mass is 10.3. The second kappa shape index (κ2) is 4.56. The van der Waals surface area contributed by atoms with Gasteiger partial charge in [-0.05, 0) is 19.1 Å². The van der Waals surface area contributed by atoms with Crippen molar-refractivity contribution >= 4 is 5.69 Å². The van der Waals surface area contributed by atoms with Crippen molar-refractivity contribution in [2.45, 2.75) is 13.5 Å². The van der Waals surface area contributed by atoms with Gasteiger partial charge in [0, 0.05) is 11.9 Å². The van der Waals surface area contributed by atoms with E-state index in [0.717, 1.165) is 17.3 Å². The Labute approximate surface area is 110 Å². The lowest BCUT2D eigenvalue weighted by molar-refractivity contribution is 0.643. The minimum atomic E-state index is 0.535. The fourth-order valence-corrected chi connectivity index (χ4v) is 2.03. The second-order valence-electron chi connectivity index (χ2n) is 4.31. The number of hydrogen-bond acceptors (Lipinski definition) is 4. The quantitative estimate of drug-likeness (QED) is 0.766. The van der Waals surface area contributed by atoms with Crippen molar-refractivity contribution < 1.29 is 0 Å². The van der Waals surface area contributed by atoms with Crippen LogP contribution >= 0.6 is 0 Å². The van der Waals surface area contributed by atoms with Gasteiger partial charge >= 0.3 is 0 Å². The molecule has 96 valence electrons. The Hall–Kier alpha value is -2.63. The molecular weight excluding hydrogens is 240 g/mol. The summed E-state index contributed by atoms with van der Waals surface area (Å²) in [4.78, 5) is 0. The minimum Gasteiger partial charge on any atom is -0.396 e. The first-order valence-corrected chi connectivity index (χ1v) is 5.98. The molecule has 0 aliphatic carbocycles. The van der Waals surface area contributed by atoms with Gasteiger partial charge in [0.05, 0.1) is 11.9 Å². The van der Waals surface area contributed by atoms with Crippen molar-refractivity contribution in [1.82, 2.24) is 24.5 Å². The van der Waals surface area contributed by atoms with E-state index in [0.29, 0.717) is 12.2 Å². The van der Waals surface area contributed by atoms with Crippen molar-refractivity contribution in [2.24, 2.45) is 0 Å². The summed E-state index contributed by atoms with van der Waals surface area (Å²) in [5.74, 6) is 1.67. The highest BCUT2D eigenvalue weighted by Gasteiger charge is 2.11. The van der Waals surface area contributed by atoms with Gasteiger partial charge < -0.3 is 5.73 Å². The molecule has 0 unspecified atom stereocenters. The molecule has 0 atom stereocenters. The number of benzene rings is 1. The van der Waals surface area contributed by atoms with E-state index in [-0.39, 0.29) is 0 Å². The van der Waals surface area contributed by atoms with Gasteiger partial charge in [-0.3, -0.25) is 9.25 Å². The van der Waals surface area contributed by atoms with Crippen LogP contribution < -0.4 is 5.73 Å². The van der Waals surface area contributed by atoms with Gasteiger partial charge in [0.2, 0.25) is 0 Å². The van der Waals surface area contributed by atoms with Crippen LogP contribution in [0.1, 0.15) is 11.6 Å². The van der Waals surface area contributed by atoms with Crippen molar-refractivity contribution in [3.05, 3.63) is 54.4 Å². The van der Waals surface area contributed by atoms with Gasteiger partial charge in [-0.1, -0.05) is 18.2 Å². The fraction of sp³-hybridized carbons (Fsp3) is 0.154. The van der Waals surface area contributed by atoms with E-state index in [1.807, 2.05) is 41.8 Å². The number of nitrogen functional groups attached to an aromatic ring is 1. The maximum Gasteiger partial charge on any atom is 0.159 e. The Balaban J connectivity index is 1.99. The third-order valence-corrected chi connectivity index (χ3v) is 2.86. The molecule has 3 aromatic rings. The van der Waals surface area contributed by atoms with Crippen molar-refractivity contribution in [3.63, 3.8) is 0 Å². The van der Waals surface area contributed by atoms with Crippen LogP contribution in [0, 0.1) is 6.92 Å². The molecule has 0 radical (unpaired) electrons. The minimum absolute atomic E-state index is 0.535. The molecule has 2 heterocycles. The maximum atomic E-state index is 5.66. The molecular formula is C13H14N6. The Bertz CT molecular complexity index is 682. The lowest BCUT2D eigenvalue weighted by Crippen LogP contribution is -2.08. The largest absolute Gasteiger partial charge is 0.396 e. The van der Waals surface area contributed by atoms with Gasteiger partial charge in [-0.2, -0.15) is 5.10 Å². The molecule has 2 aromatic heterocycles. The summed E-state index contributed by atoms with van der Waals surface area (Å²) in [6.45, 7) is 2.47. The molecule has 0 spiro atoms. The van der Waals surface area contributed by atoms with Crippen LogP contribution in [0.4, 0.5) is 5.69 Å². The molecule has 2 N–H and O–H groups in total. The molecule has 0 saturated heterocycles. The normalized spacial score (nSPS) is 10.8. The van der Waals surface area contributed by atoms with Gasteiger partial charge in [0.15, 0.2) is 5.82 Å². The molecule has 0 fully saturated rings. The Kier molecular flexibility index (Phi) is 2.75. The topological polar surface area (TPSA) is 74.6 Å². The first-order chi connectivity index (χ1) is 9.24. The summed E-state index contributed by atoms with van der Waals surface area (Å²) >= 11 is 0. The number of nitrogens with two attached hydrogens (primary N) is 1. The number of anilines is 1. The van der Waals surface area contributed by atoms with E-state index in [1.54, 1.807) is 17.1 Å². The zero-order valence-electron chi connectivity index (χ0n) is 10.6. The van der Waals surface area contributed by atoms with E-state index < -0.39 is 0 Å². The zero-order valence-corrected chi connectivity index (χ0v) is 10.6. The molecule has 0 aliphatic rings. The highest BCUT2D eigenvalue weighted by Crippen LogP contribution is 2.13. The summed E-state index contributed by atoms with van der Waals surface area (Å²) in [5, 5.41) is 12.5. The Morgan fingerprint density at radius 2 is 1.95 bits per heavy atom. The van der Waals surface area contributed by atoms with E-state index in [9.17, 15) is 0 Å². The number of para-hydroxylation sites is 1. The summed E-state index contributed by atoms with van der Waals surface area (Å²) in [6.07, 6.45) is 3.40. The lowest BCUT2D eigenvalue weighted by Gasteiger charge is -2.08. The molecule has 6 nitrogen and oxygen atoms in total. The standard InChI is InChI=1S/C13H14N6/c1-10-16-17-13(9-18-8-11(14)7-15-18)19(10)12-5-3-2-4-6-12/h2-8H,9,14H2,1H3. The monoisotopic (exact) mass is 254 g/mol. The molecule has 0 saturated carbocycles. The van der Waals surface area contributed by atoms with E-state index >= 15 is 0 Å². The van der Waals surface area contributed by atoms with Crippen LogP contribution in [0.25, 0.3) is 5.69 Å². The van der Waals surface area contributed by atoms with E-state index in [2.05, 4.69) is 15.3 Å². The van der Waals surface area contributed by atoms with Crippen molar-refractivity contribution in [3.8, 4) is 5.69 Å². The molecule has 6 heteroatoms. The molecule has 0 bridgehead atoms. The van der Waals surface area contributed by atoms with Gasteiger partial charge in [-0.15, -0.1) is 10.2 Å². The van der Waals surface area contributed by atoms with Crippen LogP contribution in [0.2, 0.25) is 0 Å². The Morgan fingerprint density at radius 1 is 1.16 bits per heavy atom. The van der Waals surface area contributed by atoms with Crippen LogP contribution in [-0.4, -0.2) is 24.5 Å². The van der Waals surface area contributed by atoms with E-state index in [4.69, 9.17) is 5.73 Å².